The highest BCUT2D eigenvalue weighted by atomic mass is 32.1. The molecule has 0 fully saturated rings. The number of methoxy groups -OCH3 is 1. The Labute approximate surface area is 155 Å². The molecule has 1 amide bonds. The molecule has 0 aliphatic rings. The minimum atomic E-state index is -0.448. The maximum absolute atomic E-state index is 12.3. The van der Waals surface area contributed by atoms with E-state index in [1.807, 2.05) is 54.6 Å². The highest BCUT2D eigenvalue weighted by molar-refractivity contribution is 7.19. The summed E-state index contributed by atoms with van der Waals surface area (Å²) >= 11 is 1.52. The van der Waals surface area contributed by atoms with E-state index in [2.05, 4.69) is 10.3 Å². The van der Waals surface area contributed by atoms with Crippen LogP contribution in [-0.2, 0) is 14.3 Å². The number of carbonyl (C=O) groups is 2. The number of benzene rings is 2. The summed E-state index contributed by atoms with van der Waals surface area (Å²) < 4.78 is 5.80. The Bertz CT molecular complexity index is 901. The molecular formula is C20H18N2O3S. The quantitative estimate of drug-likeness (QED) is 0.533. The number of ether oxygens (including phenoxy) is 1. The highest BCUT2D eigenvalue weighted by Gasteiger charge is 2.17. The van der Waals surface area contributed by atoms with E-state index in [-0.39, 0.29) is 18.3 Å². The van der Waals surface area contributed by atoms with Crippen molar-refractivity contribution >= 4 is 39.5 Å². The van der Waals surface area contributed by atoms with Gasteiger partial charge in [0.2, 0.25) is 5.91 Å². The minimum Gasteiger partial charge on any atom is -0.469 e. The van der Waals surface area contributed by atoms with E-state index in [9.17, 15) is 9.59 Å². The van der Waals surface area contributed by atoms with Gasteiger partial charge >= 0.3 is 5.97 Å². The fourth-order valence-corrected chi connectivity index (χ4v) is 3.39. The molecule has 1 heterocycles. The predicted octanol–water partition coefficient (Wildman–Crippen LogP) is 3.73. The molecule has 0 radical (unpaired) electrons. The number of aromatic nitrogens is 1. The molecule has 0 spiro atoms. The van der Waals surface area contributed by atoms with Crippen molar-refractivity contribution in [3.63, 3.8) is 0 Å². The third kappa shape index (κ3) is 4.55. The van der Waals surface area contributed by atoms with Crippen LogP contribution < -0.4 is 5.32 Å². The van der Waals surface area contributed by atoms with Gasteiger partial charge in [-0.1, -0.05) is 42.5 Å². The van der Waals surface area contributed by atoms with Crippen molar-refractivity contribution in [2.24, 2.45) is 0 Å². The SMILES string of the molecule is COC(=O)CC(NC(=O)/C=C/c1nc2ccccc2s1)c1ccccc1. The van der Waals surface area contributed by atoms with E-state index in [0.29, 0.717) is 0 Å². The number of hydrogen-bond donors (Lipinski definition) is 1. The smallest absolute Gasteiger partial charge is 0.307 e. The lowest BCUT2D eigenvalue weighted by molar-refractivity contribution is -0.141. The first-order chi connectivity index (χ1) is 12.7. The van der Waals surface area contributed by atoms with Crippen LogP contribution in [0.4, 0.5) is 0 Å². The Kier molecular flexibility index (Phi) is 5.76. The van der Waals surface area contributed by atoms with E-state index in [4.69, 9.17) is 4.74 Å². The predicted molar refractivity (Wildman–Crippen MR) is 103 cm³/mol. The summed E-state index contributed by atoms with van der Waals surface area (Å²) in [5.41, 5.74) is 1.75. The number of fused-ring (bicyclic) bond motifs is 1. The summed E-state index contributed by atoms with van der Waals surface area (Å²) in [4.78, 5) is 28.4. The molecule has 1 atom stereocenters. The van der Waals surface area contributed by atoms with Gasteiger partial charge in [-0.05, 0) is 23.8 Å². The third-order valence-corrected chi connectivity index (χ3v) is 4.81. The van der Waals surface area contributed by atoms with Gasteiger partial charge in [0.25, 0.3) is 0 Å². The van der Waals surface area contributed by atoms with Crippen LogP contribution in [0.2, 0.25) is 0 Å². The van der Waals surface area contributed by atoms with Gasteiger partial charge < -0.3 is 10.1 Å². The number of nitrogens with one attached hydrogen (secondary N) is 1. The first-order valence-electron chi connectivity index (χ1n) is 8.11. The van der Waals surface area contributed by atoms with Crippen LogP contribution in [0.3, 0.4) is 0 Å². The van der Waals surface area contributed by atoms with Crippen LogP contribution in [0.1, 0.15) is 23.0 Å². The second-order valence-electron chi connectivity index (χ2n) is 5.61. The Morgan fingerprint density at radius 1 is 1.15 bits per heavy atom. The summed E-state index contributed by atoms with van der Waals surface area (Å²) in [6, 6.07) is 16.7. The minimum absolute atomic E-state index is 0.0707. The van der Waals surface area contributed by atoms with Crippen molar-refractivity contribution in [3.05, 3.63) is 71.2 Å². The Morgan fingerprint density at radius 2 is 1.88 bits per heavy atom. The van der Waals surface area contributed by atoms with Crippen molar-refractivity contribution in [1.82, 2.24) is 10.3 Å². The lowest BCUT2D eigenvalue weighted by Crippen LogP contribution is -2.29. The zero-order chi connectivity index (χ0) is 18.4. The number of nitrogens with zero attached hydrogens (tertiary/aromatic N) is 1. The zero-order valence-corrected chi connectivity index (χ0v) is 15.0. The number of hydrogen-bond acceptors (Lipinski definition) is 5. The van der Waals surface area contributed by atoms with E-state index >= 15 is 0 Å². The van der Waals surface area contributed by atoms with Gasteiger partial charge in [-0.15, -0.1) is 11.3 Å². The van der Waals surface area contributed by atoms with Gasteiger partial charge in [0.15, 0.2) is 0 Å². The molecule has 0 bridgehead atoms. The molecule has 1 aromatic heterocycles. The van der Waals surface area contributed by atoms with Gasteiger partial charge in [0.05, 0.1) is 29.8 Å². The van der Waals surface area contributed by atoms with Crippen LogP contribution in [0.15, 0.2) is 60.7 Å². The molecule has 5 nitrogen and oxygen atoms in total. The molecule has 3 rings (SSSR count). The Balaban J connectivity index is 1.71. The van der Waals surface area contributed by atoms with Gasteiger partial charge in [0, 0.05) is 6.08 Å². The number of thiazole rings is 1. The van der Waals surface area contributed by atoms with E-state index in [1.165, 1.54) is 24.5 Å². The molecule has 1 unspecified atom stereocenters. The molecule has 6 heteroatoms. The van der Waals surface area contributed by atoms with Crippen molar-refractivity contribution in [2.75, 3.05) is 7.11 Å². The second-order valence-corrected chi connectivity index (χ2v) is 6.67. The maximum Gasteiger partial charge on any atom is 0.307 e. The third-order valence-electron chi connectivity index (χ3n) is 3.80. The van der Waals surface area contributed by atoms with Gasteiger partial charge in [-0.3, -0.25) is 9.59 Å². The van der Waals surface area contributed by atoms with Gasteiger partial charge in [-0.25, -0.2) is 4.98 Å². The molecule has 0 saturated carbocycles. The van der Waals surface area contributed by atoms with E-state index in [1.54, 1.807) is 6.08 Å². The molecule has 0 aliphatic carbocycles. The maximum atomic E-state index is 12.3. The number of amides is 1. The van der Waals surface area contributed by atoms with Crippen LogP contribution in [0.25, 0.3) is 16.3 Å². The number of rotatable bonds is 6. The van der Waals surface area contributed by atoms with Crippen LogP contribution >= 0.6 is 11.3 Å². The molecule has 0 aliphatic heterocycles. The summed E-state index contributed by atoms with van der Waals surface area (Å²) in [5.74, 6) is -0.670. The topological polar surface area (TPSA) is 68.3 Å². The van der Waals surface area contributed by atoms with Gasteiger partial charge in [0.1, 0.15) is 5.01 Å². The molecular weight excluding hydrogens is 348 g/mol. The average molecular weight is 366 g/mol. The Hall–Kier alpha value is -2.99. The van der Waals surface area contributed by atoms with Crippen molar-refractivity contribution in [1.29, 1.82) is 0 Å². The van der Waals surface area contributed by atoms with Crippen LogP contribution in [-0.4, -0.2) is 24.0 Å². The first kappa shape index (κ1) is 17.8. The summed E-state index contributed by atoms with van der Waals surface area (Å²) in [6.45, 7) is 0. The standard InChI is InChI=1S/C20H18N2O3S/c1-25-20(24)13-16(14-7-3-2-4-8-14)21-18(23)11-12-19-22-15-9-5-6-10-17(15)26-19/h2-12,16H,13H2,1H3,(H,21,23)/b12-11+. The molecule has 1 N–H and O–H groups in total. The second kappa shape index (κ2) is 8.40. The van der Waals surface area contributed by atoms with Crippen molar-refractivity contribution in [2.45, 2.75) is 12.5 Å². The van der Waals surface area contributed by atoms with Crippen LogP contribution in [0.5, 0.6) is 0 Å². The number of para-hydroxylation sites is 1. The summed E-state index contributed by atoms with van der Waals surface area (Å²) in [5, 5.41) is 3.61. The first-order valence-corrected chi connectivity index (χ1v) is 8.93. The van der Waals surface area contributed by atoms with E-state index in [0.717, 1.165) is 20.8 Å². The van der Waals surface area contributed by atoms with Crippen molar-refractivity contribution < 1.29 is 14.3 Å². The Morgan fingerprint density at radius 3 is 2.62 bits per heavy atom. The normalized spacial score (nSPS) is 12.2. The number of esters is 1. The monoisotopic (exact) mass is 366 g/mol. The lowest BCUT2D eigenvalue weighted by atomic mass is 10.0. The average Bonchev–Trinajstić information content (AvgIpc) is 3.09. The largest absolute Gasteiger partial charge is 0.469 e. The fraction of sp³-hybridized carbons (Fsp3) is 0.150. The zero-order valence-electron chi connectivity index (χ0n) is 14.2. The molecule has 26 heavy (non-hydrogen) atoms. The number of carbonyl (C=O) groups excluding carboxylic acids is 2. The van der Waals surface area contributed by atoms with Gasteiger partial charge in [-0.2, -0.15) is 0 Å². The molecule has 2 aromatic carbocycles. The summed E-state index contributed by atoms with van der Waals surface area (Å²) in [6.07, 6.45) is 3.19. The lowest BCUT2D eigenvalue weighted by Gasteiger charge is -2.17. The van der Waals surface area contributed by atoms with E-state index < -0.39 is 6.04 Å². The highest BCUT2D eigenvalue weighted by Crippen LogP contribution is 2.22. The van der Waals surface area contributed by atoms with Crippen molar-refractivity contribution in [3.8, 4) is 0 Å². The fourth-order valence-electron chi connectivity index (χ4n) is 2.52. The molecule has 132 valence electrons. The molecule has 0 saturated heterocycles. The molecule has 3 aromatic rings. The van der Waals surface area contributed by atoms with Crippen LogP contribution in [0, 0.1) is 0 Å². The summed E-state index contributed by atoms with van der Waals surface area (Å²) in [7, 11) is 1.33.